The summed E-state index contributed by atoms with van der Waals surface area (Å²) in [6, 6.07) is 6.08. The van der Waals surface area contributed by atoms with Crippen molar-refractivity contribution in [1.82, 2.24) is 9.55 Å². The first-order valence-corrected chi connectivity index (χ1v) is 10.1. The quantitative estimate of drug-likeness (QED) is 0.643. The largest absolute Gasteiger partial charge is 0.292 e. The number of Topliss-reactive ketones (excluding diaryl/α,β-unsaturated/α-hetero) is 1. The molecule has 2 aromatic heterocycles. The van der Waals surface area contributed by atoms with Gasteiger partial charge in [0.1, 0.15) is 4.83 Å². The number of ketones is 1. The Morgan fingerprint density at radius 2 is 2.08 bits per heavy atom. The van der Waals surface area contributed by atoms with Crippen LogP contribution in [0.15, 0.2) is 29.3 Å². The first-order chi connectivity index (χ1) is 12.6. The van der Waals surface area contributed by atoms with Gasteiger partial charge in [-0.05, 0) is 54.9 Å². The fourth-order valence-corrected chi connectivity index (χ4v) is 5.00. The van der Waals surface area contributed by atoms with Crippen molar-refractivity contribution in [3.63, 3.8) is 0 Å². The summed E-state index contributed by atoms with van der Waals surface area (Å²) in [5.41, 5.74) is 3.99. The fourth-order valence-electron chi connectivity index (χ4n) is 3.78. The highest BCUT2D eigenvalue weighted by atomic mass is 32.1. The molecule has 0 atom stereocenters. The molecule has 2 heterocycles. The van der Waals surface area contributed by atoms with Gasteiger partial charge in [0, 0.05) is 10.4 Å². The van der Waals surface area contributed by atoms with E-state index < -0.39 is 0 Å². The molecule has 0 radical (unpaired) electrons. The molecule has 26 heavy (non-hydrogen) atoms. The maximum absolute atomic E-state index is 13.0. The minimum absolute atomic E-state index is 0.0210. The Bertz CT molecular complexity index is 1060. The zero-order valence-corrected chi connectivity index (χ0v) is 16.0. The first-order valence-electron chi connectivity index (χ1n) is 9.27. The minimum Gasteiger partial charge on any atom is -0.292 e. The molecule has 0 amide bonds. The molecule has 0 N–H and O–H groups in total. The average Bonchev–Trinajstić information content (AvgIpc) is 3.24. The minimum atomic E-state index is -0.0764. The number of rotatable bonds is 5. The second-order valence-corrected chi connectivity index (χ2v) is 7.92. The van der Waals surface area contributed by atoms with Crippen molar-refractivity contribution in [3.05, 3.63) is 62.0 Å². The van der Waals surface area contributed by atoms with E-state index in [1.54, 1.807) is 11.3 Å². The lowest BCUT2D eigenvalue weighted by Gasteiger charge is -2.10. The molecule has 4 rings (SSSR count). The van der Waals surface area contributed by atoms with E-state index in [9.17, 15) is 9.59 Å². The summed E-state index contributed by atoms with van der Waals surface area (Å²) < 4.78 is 1.48. The number of thiophene rings is 1. The van der Waals surface area contributed by atoms with Crippen molar-refractivity contribution in [2.45, 2.75) is 52.5 Å². The second kappa shape index (κ2) is 6.80. The molecule has 0 fully saturated rings. The molecular weight excluding hydrogens is 344 g/mol. The molecule has 0 saturated carbocycles. The van der Waals surface area contributed by atoms with E-state index in [-0.39, 0.29) is 17.9 Å². The number of carbonyl (C=O) groups is 1. The predicted octanol–water partition coefficient (Wildman–Crippen LogP) is 3.95. The molecule has 1 aromatic carbocycles. The van der Waals surface area contributed by atoms with Crippen LogP contribution >= 0.6 is 11.3 Å². The van der Waals surface area contributed by atoms with Crippen LogP contribution in [0.25, 0.3) is 10.2 Å². The van der Waals surface area contributed by atoms with Gasteiger partial charge < -0.3 is 0 Å². The number of aromatic nitrogens is 2. The number of nitrogens with zero attached hydrogens (tertiary/aromatic N) is 2. The molecule has 0 spiro atoms. The molecule has 0 aliphatic heterocycles. The van der Waals surface area contributed by atoms with Gasteiger partial charge in [0.25, 0.3) is 5.56 Å². The molecule has 0 saturated heterocycles. The van der Waals surface area contributed by atoms with Crippen LogP contribution in [0.2, 0.25) is 0 Å². The Hall–Kier alpha value is -2.27. The van der Waals surface area contributed by atoms with E-state index in [2.05, 4.69) is 18.0 Å². The van der Waals surface area contributed by atoms with Gasteiger partial charge in [0.15, 0.2) is 5.78 Å². The van der Waals surface area contributed by atoms with Crippen LogP contribution in [-0.4, -0.2) is 15.3 Å². The highest BCUT2D eigenvalue weighted by molar-refractivity contribution is 7.18. The van der Waals surface area contributed by atoms with Gasteiger partial charge in [-0.3, -0.25) is 14.2 Å². The normalized spacial score (nSPS) is 13.3. The van der Waals surface area contributed by atoms with Crippen LogP contribution in [-0.2, 0) is 32.2 Å². The third-order valence-corrected chi connectivity index (χ3v) is 6.47. The van der Waals surface area contributed by atoms with Crippen LogP contribution in [0.3, 0.4) is 0 Å². The van der Waals surface area contributed by atoms with Crippen molar-refractivity contribution < 1.29 is 4.79 Å². The summed E-state index contributed by atoms with van der Waals surface area (Å²) in [4.78, 5) is 32.5. The summed E-state index contributed by atoms with van der Waals surface area (Å²) >= 11 is 1.63. The zero-order valence-electron chi connectivity index (χ0n) is 15.2. The Labute approximate surface area is 156 Å². The van der Waals surface area contributed by atoms with Crippen molar-refractivity contribution in [3.8, 4) is 0 Å². The summed E-state index contributed by atoms with van der Waals surface area (Å²) in [5.74, 6) is -0.0210. The number of hydrogen-bond acceptors (Lipinski definition) is 4. The number of fused-ring (bicyclic) bond motifs is 3. The lowest BCUT2D eigenvalue weighted by atomic mass is 9.97. The Balaban J connectivity index is 1.73. The second-order valence-electron chi connectivity index (χ2n) is 6.84. The highest BCUT2D eigenvalue weighted by Gasteiger charge is 2.22. The maximum atomic E-state index is 13.0. The molecule has 0 bridgehead atoms. The van der Waals surface area contributed by atoms with Crippen molar-refractivity contribution in [2.75, 3.05) is 0 Å². The van der Waals surface area contributed by atoms with Crippen LogP contribution in [0, 0.1) is 0 Å². The SMILES string of the molecule is CCc1ccc(CC)c(C(=O)Cn2cnc3sc4c(c3c2=O)CCC4)c1. The third kappa shape index (κ3) is 2.80. The lowest BCUT2D eigenvalue weighted by molar-refractivity contribution is 0.0969. The summed E-state index contributed by atoms with van der Waals surface area (Å²) in [7, 11) is 0. The van der Waals surface area contributed by atoms with Crippen LogP contribution in [0.1, 0.15) is 52.2 Å². The topological polar surface area (TPSA) is 52.0 Å². The molecule has 5 heteroatoms. The van der Waals surface area contributed by atoms with Gasteiger partial charge in [-0.15, -0.1) is 11.3 Å². The molecule has 134 valence electrons. The van der Waals surface area contributed by atoms with E-state index >= 15 is 0 Å². The van der Waals surface area contributed by atoms with Gasteiger partial charge in [0.2, 0.25) is 0 Å². The van der Waals surface area contributed by atoms with Crippen LogP contribution in [0.5, 0.6) is 0 Å². The predicted molar refractivity (Wildman–Crippen MR) is 105 cm³/mol. The molecular formula is C21H22N2O2S. The number of hydrogen-bond donors (Lipinski definition) is 0. The fraction of sp³-hybridized carbons (Fsp3) is 0.381. The van der Waals surface area contributed by atoms with E-state index in [0.717, 1.165) is 64.6 Å². The number of benzene rings is 1. The number of carbonyl (C=O) groups excluding carboxylic acids is 1. The smallest absolute Gasteiger partial charge is 0.262 e. The standard InChI is InChI=1S/C21H22N2O2S/c1-3-13-8-9-14(4-2)16(10-13)17(24)11-23-12-22-20-19(21(23)25)15-6-5-7-18(15)26-20/h8-10,12H,3-7,11H2,1-2H3. The lowest BCUT2D eigenvalue weighted by Crippen LogP contribution is -2.25. The maximum Gasteiger partial charge on any atom is 0.262 e. The molecule has 1 aliphatic carbocycles. The van der Waals surface area contributed by atoms with Crippen molar-refractivity contribution in [1.29, 1.82) is 0 Å². The van der Waals surface area contributed by atoms with Crippen LogP contribution < -0.4 is 5.56 Å². The molecule has 4 nitrogen and oxygen atoms in total. The number of aryl methyl sites for hydroxylation is 4. The monoisotopic (exact) mass is 366 g/mol. The molecule has 3 aromatic rings. The zero-order chi connectivity index (χ0) is 18.3. The van der Waals surface area contributed by atoms with Gasteiger partial charge in [0.05, 0.1) is 18.3 Å². The Morgan fingerprint density at radius 3 is 2.85 bits per heavy atom. The Kier molecular flexibility index (Phi) is 4.49. The highest BCUT2D eigenvalue weighted by Crippen LogP contribution is 2.34. The van der Waals surface area contributed by atoms with E-state index in [4.69, 9.17) is 0 Å². The summed E-state index contributed by atoms with van der Waals surface area (Å²) in [6.45, 7) is 4.17. The van der Waals surface area contributed by atoms with Crippen molar-refractivity contribution in [2.24, 2.45) is 0 Å². The van der Waals surface area contributed by atoms with Gasteiger partial charge in [-0.25, -0.2) is 4.98 Å². The van der Waals surface area contributed by atoms with E-state index in [1.165, 1.54) is 15.8 Å². The van der Waals surface area contributed by atoms with Crippen LogP contribution in [0.4, 0.5) is 0 Å². The van der Waals surface area contributed by atoms with Gasteiger partial charge in [-0.2, -0.15) is 0 Å². The summed E-state index contributed by atoms with van der Waals surface area (Å²) in [6.07, 6.45) is 6.31. The van der Waals surface area contributed by atoms with Crippen molar-refractivity contribution >= 4 is 27.3 Å². The third-order valence-electron chi connectivity index (χ3n) is 5.27. The van der Waals surface area contributed by atoms with E-state index in [1.807, 2.05) is 19.1 Å². The summed E-state index contributed by atoms with van der Waals surface area (Å²) in [5, 5.41) is 0.732. The molecule has 0 unspecified atom stereocenters. The van der Waals surface area contributed by atoms with E-state index in [0.29, 0.717) is 0 Å². The van der Waals surface area contributed by atoms with Gasteiger partial charge in [-0.1, -0.05) is 26.0 Å². The van der Waals surface area contributed by atoms with Gasteiger partial charge >= 0.3 is 0 Å². The Morgan fingerprint density at radius 1 is 1.23 bits per heavy atom. The molecule has 1 aliphatic rings. The first kappa shape index (κ1) is 17.2. The average molecular weight is 366 g/mol.